The highest BCUT2D eigenvalue weighted by Crippen LogP contribution is 2.31. The summed E-state index contributed by atoms with van der Waals surface area (Å²) >= 11 is 0. The maximum Gasteiger partial charge on any atom is 0.321 e. The minimum Gasteiger partial charge on any atom is -0.372 e. The second kappa shape index (κ2) is 8.29. The molecule has 1 spiro atoms. The summed E-state index contributed by atoms with van der Waals surface area (Å²) in [6, 6.07) is -0.181. The first-order valence-corrected chi connectivity index (χ1v) is 10.2. The number of carbonyl (C=O) groups excluding carboxylic acids is 2. The molecule has 1 aromatic heterocycles. The van der Waals surface area contributed by atoms with Crippen LogP contribution in [0.4, 0.5) is 10.5 Å². The Morgan fingerprint density at radius 2 is 1.79 bits per heavy atom. The lowest BCUT2D eigenvalue weighted by molar-refractivity contribution is -0.181. The molecule has 0 saturated carbocycles. The van der Waals surface area contributed by atoms with Crippen molar-refractivity contribution in [2.45, 2.75) is 51.2 Å². The number of nitrogens with one attached hydrogen (secondary N) is 1. The number of nitrogens with zero attached hydrogens (tertiary/aromatic N) is 4. The molecular formula is C19H29N5O5. The highest BCUT2D eigenvalue weighted by molar-refractivity contribution is 5.89. The zero-order valence-corrected chi connectivity index (χ0v) is 17.0. The molecule has 10 heteroatoms. The quantitative estimate of drug-likeness (QED) is 0.799. The molecule has 0 radical (unpaired) electrons. The van der Waals surface area contributed by atoms with E-state index < -0.39 is 5.79 Å². The summed E-state index contributed by atoms with van der Waals surface area (Å²) in [7, 11) is 0. The maximum atomic E-state index is 12.6. The van der Waals surface area contributed by atoms with Crippen molar-refractivity contribution < 1.29 is 23.8 Å². The normalized spacial score (nSPS) is 26.7. The van der Waals surface area contributed by atoms with Gasteiger partial charge in [0.2, 0.25) is 5.91 Å². The van der Waals surface area contributed by atoms with E-state index in [9.17, 15) is 9.59 Å². The summed E-state index contributed by atoms with van der Waals surface area (Å²) in [5.41, 5.74) is 0.570. The first kappa shape index (κ1) is 20.1. The number of carbonyl (C=O) groups is 2. The van der Waals surface area contributed by atoms with E-state index in [0.717, 1.165) is 0 Å². The average molecular weight is 407 g/mol. The molecule has 3 aliphatic heterocycles. The standard InChI is InChI=1S/C19H29N5O5/c1-14-10-23(11-15(2)29-14)17(25)13-24-12-16(9-20-24)21-18(26)22-5-3-19(4-6-22)27-7-8-28-19/h9,12,14-15H,3-8,10-11,13H2,1-2H3,(H,21,26)/t14-,15+. The van der Waals surface area contributed by atoms with Crippen LogP contribution in [0.5, 0.6) is 0 Å². The number of anilines is 1. The van der Waals surface area contributed by atoms with Gasteiger partial charge in [-0.3, -0.25) is 9.48 Å². The zero-order chi connectivity index (χ0) is 20.4. The van der Waals surface area contributed by atoms with Gasteiger partial charge in [0.15, 0.2) is 5.79 Å². The molecule has 0 unspecified atom stereocenters. The van der Waals surface area contributed by atoms with Crippen LogP contribution in [0, 0.1) is 0 Å². The first-order valence-electron chi connectivity index (χ1n) is 10.2. The fourth-order valence-corrected chi connectivity index (χ4v) is 4.17. The summed E-state index contributed by atoms with van der Waals surface area (Å²) in [4.78, 5) is 28.6. The van der Waals surface area contributed by atoms with Gasteiger partial charge in [0, 0.05) is 45.2 Å². The van der Waals surface area contributed by atoms with Gasteiger partial charge in [0.25, 0.3) is 0 Å². The smallest absolute Gasteiger partial charge is 0.321 e. The number of morpholine rings is 1. The van der Waals surface area contributed by atoms with E-state index in [1.165, 1.54) is 0 Å². The van der Waals surface area contributed by atoms with E-state index >= 15 is 0 Å². The Hall–Kier alpha value is -2.17. The molecule has 0 aliphatic carbocycles. The predicted molar refractivity (Wildman–Crippen MR) is 103 cm³/mol. The summed E-state index contributed by atoms with van der Waals surface area (Å²) < 4.78 is 18.6. The molecule has 3 aliphatic rings. The third-order valence-electron chi connectivity index (χ3n) is 5.58. The molecule has 10 nitrogen and oxygen atoms in total. The van der Waals surface area contributed by atoms with E-state index in [2.05, 4.69) is 10.4 Å². The van der Waals surface area contributed by atoms with Gasteiger partial charge in [-0.05, 0) is 13.8 Å². The molecule has 3 amide bonds. The summed E-state index contributed by atoms with van der Waals surface area (Å²) in [6.07, 6.45) is 4.63. The Kier molecular flexibility index (Phi) is 5.75. The summed E-state index contributed by atoms with van der Waals surface area (Å²) in [5.74, 6) is -0.512. The molecular weight excluding hydrogens is 378 g/mol. The largest absolute Gasteiger partial charge is 0.372 e. The van der Waals surface area contributed by atoms with Crippen molar-refractivity contribution in [3.8, 4) is 0 Å². The Morgan fingerprint density at radius 1 is 1.14 bits per heavy atom. The first-order chi connectivity index (χ1) is 13.9. The highest BCUT2D eigenvalue weighted by atomic mass is 16.7. The van der Waals surface area contributed by atoms with Gasteiger partial charge in [-0.2, -0.15) is 5.10 Å². The molecule has 4 heterocycles. The van der Waals surface area contributed by atoms with Crippen LogP contribution < -0.4 is 5.32 Å². The van der Waals surface area contributed by atoms with E-state index in [0.29, 0.717) is 57.9 Å². The fraction of sp³-hybridized carbons (Fsp3) is 0.737. The molecule has 2 atom stereocenters. The monoisotopic (exact) mass is 407 g/mol. The molecule has 1 N–H and O–H groups in total. The third kappa shape index (κ3) is 4.71. The number of aromatic nitrogens is 2. The van der Waals surface area contributed by atoms with Crippen LogP contribution in [-0.4, -0.2) is 88.9 Å². The maximum absolute atomic E-state index is 12.6. The number of rotatable bonds is 3. The topological polar surface area (TPSA) is 98.2 Å². The third-order valence-corrected chi connectivity index (χ3v) is 5.58. The Balaban J connectivity index is 1.27. The summed E-state index contributed by atoms with van der Waals surface area (Å²) in [5, 5.41) is 7.06. The van der Waals surface area contributed by atoms with Crippen LogP contribution in [0.25, 0.3) is 0 Å². The Morgan fingerprint density at radius 3 is 2.45 bits per heavy atom. The number of hydrogen-bond acceptors (Lipinski definition) is 6. The number of hydrogen-bond donors (Lipinski definition) is 1. The van der Waals surface area contributed by atoms with Gasteiger partial charge in [-0.1, -0.05) is 0 Å². The van der Waals surface area contributed by atoms with Crippen molar-refractivity contribution in [3.63, 3.8) is 0 Å². The van der Waals surface area contributed by atoms with Gasteiger partial charge < -0.3 is 29.3 Å². The van der Waals surface area contributed by atoms with Gasteiger partial charge in [0.05, 0.1) is 37.3 Å². The highest BCUT2D eigenvalue weighted by Gasteiger charge is 2.40. The summed E-state index contributed by atoms with van der Waals surface area (Å²) in [6.45, 7) is 7.61. The van der Waals surface area contributed by atoms with Crippen molar-refractivity contribution in [2.24, 2.45) is 0 Å². The van der Waals surface area contributed by atoms with Gasteiger partial charge in [-0.15, -0.1) is 0 Å². The molecule has 3 saturated heterocycles. The van der Waals surface area contributed by atoms with Crippen molar-refractivity contribution in [2.75, 3.05) is 44.7 Å². The lowest BCUT2D eigenvalue weighted by Gasteiger charge is -2.37. The molecule has 3 fully saturated rings. The van der Waals surface area contributed by atoms with Crippen LogP contribution in [0.1, 0.15) is 26.7 Å². The fourth-order valence-electron chi connectivity index (χ4n) is 4.17. The SMILES string of the molecule is C[C@@H]1CN(C(=O)Cn2cc(NC(=O)N3CCC4(CC3)OCCO4)cn2)C[C@H](C)O1. The van der Waals surface area contributed by atoms with E-state index in [4.69, 9.17) is 14.2 Å². The van der Waals surface area contributed by atoms with Gasteiger partial charge >= 0.3 is 6.03 Å². The average Bonchev–Trinajstić information content (AvgIpc) is 3.31. The van der Waals surface area contributed by atoms with Crippen molar-refractivity contribution in [3.05, 3.63) is 12.4 Å². The van der Waals surface area contributed by atoms with Crippen LogP contribution in [0.15, 0.2) is 12.4 Å². The van der Waals surface area contributed by atoms with Crippen molar-refractivity contribution in [1.82, 2.24) is 19.6 Å². The van der Waals surface area contributed by atoms with E-state index in [1.54, 1.807) is 26.9 Å². The van der Waals surface area contributed by atoms with Crippen LogP contribution in [0.3, 0.4) is 0 Å². The van der Waals surface area contributed by atoms with Crippen LogP contribution in [-0.2, 0) is 25.5 Å². The Bertz CT molecular complexity index is 727. The minimum atomic E-state index is -0.503. The number of urea groups is 1. The molecule has 4 rings (SSSR count). The van der Waals surface area contributed by atoms with Crippen molar-refractivity contribution >= 4 is 17.6 Å². The number of likely N-dealkylation sites (tertiary alicyclic amines) is 1. The van der Waals surface area contributed by atoms with E-state index in [1.807, 2.05) is 13.8 Å². The molecule has 160 valence electrons. The molecule has 1 aromatic rings. The zero-order valence-electron chi connectivity index (χ0n) is 17.0. The van der Waals surface area contributed by atoms with E-state index in [-0.39, 0.29) is 30.7 Å². The predicted octanol–water partition coefficient (Wildman–Crippen LogP) is 0.890. The minimum absolute atomic E-state index is 0.00845. The second-order valence-corrected chi connectivity index (χ2v) is 8.01. The van der Waals surface area contributed by atoms with Gasteiger partial charge in [0.1, 0.15) is 6.54 Å². The number of piperidine rings is 1. The number of ether oxygens (including phenoxy) is 3. The van der Waals surface area contributed by atoms with Crippen LogP contribution in [0.2, 0.25) is 0 Å². The van der Waals surface area contributed by atoms with Gasteiger partial charge in [-0.25, -0.2) is 4.79 Å². The Labute approximate surface area is 170 Å². The van der Waals surface area contributed by atoms with Crippen molar-refractivity contribution in [1.29, 1.82) is 0 Å². The lowest BCUT2D eigenvalue weighted by Crippen LogP contribution is -2.49. The molecule has 29 heavy (non-hydrogen) atoms. The van der Waals surface area contributed by atoms with Crippen LogP contribution >= 0.6 is 0 Å². The second-order valence-electron chi connectivity index (χ2n) is 8.01. The lowest BCUT2D eigenvalue weighted by atomic mass is 10.0. The molecule has 0 aromatic carbocycles. The number of amides is 3. The molecule has 0 bridgehead atoms.